The van der Waals surface area contributed by atoms with E-state index in [4.69, 9.17) is 10.2 Å². The highest BCUT2D eigenvalue weighted by Crippen LogP contribution is 2.04. The molecule has 0 fully saturated rings. The number of hydrogen-bond acceptors (Lipinski definition) is 2. The second-order valence-electron chi connectivity index (χ2n) is 1.82. The summed E-state index contributed by atoms with van der Waals surface area (Å²) in [6.07, 6.45) is 0.899. The molecular weight excluding hydrogens is 92.1 g/mol. The van der Waals surface area contributed by atoms with Gasteiger partial charge in [-0.15, -0.1) is 0 Å². The Morgan fingerprint density at radius 3 is 2.00 bits per heavy atom. The van der Waals surface area contributed by atoms with Crippen LogP contribution in [0.4, 0.5) is 0 Å². The van der Waals surface area contributed by atoms with Gasteiger partial charge >= 0.3 is 0 Å². The molecule has 0 saturated heterocycles. The third-order valence-electron chi connectivity index (χ3n) is 0.650. The monoisotopic (exact) mass is 103 g/mol. The first kappa shape index (κ1) is 6.92. The van der Waals surface area contributed by atoms with Crippen LogP contribution in [0.25, 0.3) is 0 Å². The quantitative estimate of drug-likeness (QED) is 0.493. The van der Waals surface area contributed by atoms with Crippen molar-refractivity contribution < 1.29 is 10.2 Å². The van der Waals surface area contributed by atoms with E-state index in [0.717, 1.165) is 0 Å². The van der Waals surface area contributed by atoms with Crippen molar-refractivity contribution in [1.29, 1.82) is 0 Å². The molecule has 1 radical (unpaired) electrons. The molecule has 0 unspecified atom stereocenters. The van der Waals surface area contributed by atoms with Gasteiger partial charge in [-0.1, -0.05) is 6.92 Å². The predicted molar refractivity (Wildman–Crippen MR) is 27.4 cm³/mol. The highest BCUT2D eigenvalue weighted by atomic mass is 16.5. The molecule has 0 spiro atoms. The van der Waals surface area contributed by atoms with E-state index in [-0.39, 0.29) is 0 Å². The van der Waals surface area contributed by atoms with Gasteiger partial charge < -0.3 is 10.2 Å². The van der Waals surface area contributed by atoms with Gasteiger partial charge in [0.1, 0.15) is 0 Å². The molecule has 43 valence electrons. The first-order valence-corrected chi connectivity index (χ1v) is 2.30. The lowest BCUT2D eigenvalue weighted by atomic mass is 10.2. The average molecular weight is 103 g/mol. The highest BCUT2D eigenvalue weighted by molar-refractivity contribution is 4.55. The SMILES string of the molecule is [CH2]CCC(C)(O)O. The Morgan fingerprint density at radius 2 is 2.00 bits per heavy atom. The van der Waals surface area contributed by atoms with Crippen LogP contribution < -0.4 is 0 Å². The summed E-state index contributed by atoms with van der Waals surface area (Å²) >= 11 is 0. The summed E-state index contributed by atoms with van der Waals surface area (Å²) in [5, 5.41) is 17.1. The van der Waals surface area contributed by atoms with Crippen LogP contribution in [0.1, 0.15) is 19.8 Å². The topological polar surface area (TPSA) is 40.5 Å². The smallest absolute Gasteiger partial charge is 0.159 e. The van der Waals surface area contributed by atoms with Crippen LogP contribution in [0.15, 0.2) is 0 Å². The molecule has 0 atom stereocenters. The van der Waals surface area contributed by atoms with Crippen molar-refractivity contribution in [2.75, 3.05) is 0 Å². The number of aliphatic hydroxyl groups is 2. The van der Waals surface area contributed by atoms with Crippen molar-refractivity contribution in [1.82, 2.24) is 0 Å². The molecule has 2 heteroatoms. The normalized spacial score (nSPS) is 12.0. The van der Waals surface area contributed by atoms with E-state index >= 15 is 0 Å². The van der Waals surface area contributed by atoms with E-state index in [1.165, 1.54) is 6.92 Å². The molecule has 0 heterocycles. The molecule has 0 aromatic carbocycles. The van der Waals surface area contributed by atoms with Crippen molar-refractivity contribution in [3.8, 4) is 0 Å². The zero-order chi connectivity index (χ0) is 5.91. The molecule has 0 aromatic heterocycles. The minimum Gasteiger partial charge on any atom is -0.366 e. The first-order valence-electron chi connectivity index (χ1n) is 2.30. The van der Waals surface area contributed by atoms with Crippen LogP contribution in [-0.4, -0.2) is 16.0 Å². The Kier molecular flexibility index (Phi) is 2.26. The Hall–Kier alpha value is -0.0800. The molecule has 0 saturated carbocycles. The average Bonchev–Trinajstić information content (AvgIpc) is 1.30. The third-order valence-corrected chi connectivity index (χ3v) is 0.650. The molecule has 2 N–H and O–H groups in total. The molecule has 0 aromatic rings. The molecule has 0 rings (SSSR count). The van der Waals surface area contributed by atoms with Crippen LogP contribution in [0, 0.1) is 6.92 Å². The minimum atomic E-state index is -1.51. The van der Waals surface area contributed by atoms with Crippen molar-refractivity contribution in [2.24, 2.45) is 0 Å². The fraction of sp³-hybridized carbons (Fsp3) is 0.800. The van der Waals surface area contributed by atoms with E-state index < -0.39 is 5.79 Å². The van der Waals surface area contributed by atoms with Gasteiger partial charge in [-0.2, -0.15) is 0 Å². The van der Waals surface area contributed by atoms with Gasteiger partial charge in [0.15, 0.2) is 5.79 Å². The van der Waals surface area contributed by atoms with Gasteiger partial charge in [0.25, 0.3) is 0 Å². The number of hydrogen-bond donors (Lipinski definition) is 2. The van der Waals surface area contributed by atoms with E-state index in [1.54, 1.807) is 0 Å². The van der Waals surface area contributed by atoms with Gasteiger partial charge in [0, 0.05) is 6.42 Å². The highest BCUT2D eigenvalue weighted by Gasteiger charge is 2.11. The lowest BCUT2D eigenvalue weighted by Gasteiger charge is -2.12. The van der Waals surface area contributed by atoms with Gasteiger partial charge in [-0.25, -0.2) is 0 Å². The van der Waals surface area contributed by atoms with Gasteiger partial charge in [0.2, 0.25) is 0 Å². The minimum absolute atomic E-state index is 0.340. The van der Waals surface area contributed by atoms with Crippen LogP contribution >= 0.6 is 0 Å². The van der Waals surface area contributed by atoms with Crippen molar-refractivity contribution in [3.63, 3.8) is 0 Å². The lowest BCUT2D eigenvalue weighted by Crippen LogP contribution is -2.21. The largest absolute Gasteiger partial charge is 0.366 e. The van der Waals surface area contributed by atoms with Crippen molar-refractivity contribution in [3.05, 3.63) is 6.92 Å². The maximum Gasteiger partial charge on any atom is 0.159 e. The summed E-state index contributed by atoms with van der Waals surface area (Å²) in [5.41, 5.74) is 0. The molecular formula is C5H11O2. The van der Waals surface area contributed by atoms with Crippen molar-refractivity contribution >= 4 is 0 Å². The molecule has 2 nitrogen and oxygen atoms in total. The molecule has 0 aliphatic heterocycles. The summed E-state index contributed by atoms with van der Waals surface area (Å²) in [7, 11) is 0. The zero-order valence-electron chi connectivity index (χ0n) is 4.52. The fourth-order valence-electron chi connectivity index (χ4n) is 0.335. The maximum atomic E-state index is 8.53. The van der Waals surface area contributed by atoms with E-state index in [0.29, 0.717) is 12.8 Å². The van der Waals surface area contributed by atoms with Crippen LogP contribution in [0.3, 0.4) is 0 Å². The van der Waals surface area contributed by atoms with Crippen LogP contribution in [-0.2, 0) is 0 Å². The van der Waals surface area contributed by atoms with Gasteiger partial charge in [0.05, 0.1) is 0 Å². The lowest BCUT2D eigenvalue weighted by molar-refractivity contribution is -0.148. The number of rotatable bonds is 2. The molecule has 7 heavy (non-hydrogen) atoms. The maximum absolute atomic E-state index is 8.53. The summed E-state index contributed by atoms with van der Waals surface area (Å²) < 4.78 is 0. The summed E-state index contributed by atoms with van der Waals surface area (Å²) in [4.78, 5) is 0. The Labute approximate surface area is 43.8 Å². The van der Waals surface area contributed by atoms with E-state index in [9.17, 15) is 0 Å². The zero-order valence-corrected chi connectivity index (χ0v) is 4.52. The standard InChI is InChI=1S/C5H11O2/c1-3-4-5(2,6)7/h6-7H,1,3-4H2,2H3. The summed E-state index contributed by atoms with van der Waals surface area (Å²) in [6.45, 7) is 4.80. The van der Waals surface area contributed by atoms with E-state index in [2.05, 4.69) is 6.92 Å². The predicted octanol–water partition coefficient (Wildman–Crippen LogP) is 0.301. The summed E-state index contributed by atoms with van der Waals surface area (Å²) in [6, 6.07) is 0. The van der Waals surface area contributed by atoms with Crippen LogP contribution in [0.5, 0.6) is 0 Å². The van der Waals surface area contributed by atoms with Crippen molar-refractivity contribution in [2.45, 2.75) is 25.6 Å². The molecule has 0 amide bonds. The summed E-state index contributed by atoms with van der Waals surface area (Å²) in [5.74, 6) is -1.51. The van der Waals surface area contributed by atoms with Gasteiger partial charge in [-0.3, -0.25) is 0 Å². The fourth-order valence-corrected chi connectivity index (χ4v) is 0.335. The van der Waals surface area contributed by atoms with E-state index in [1.807, 2.05) is 0 Å². The molecule has 0 aliphatic rings. The second kappa shape index (κ2) is 2.28. The first-order chi connectivity index (χ1) is 3.06. The Morgan fingerprint density at radius 1 is 1.57 bits per heavy atom. The third kappa shape index (κ3) is 5.92. The second-order valence-corrected chi connectivity index (χ2v) is 1.82. The molecule has 0 bridgehead atoms. The Balaban J connectivity index is 3.15. The Bertz CT molecular complexity index is 44.5. The van der Waals surface area contributed by atoms with Gasteiger partial charge in [-0.05, 0) is 13.3 Å². The van der Waals surface area contributed by atoms with Crippen LogP contribution in [0.2, 0.25) is 0 Å². The molecule has 0 aliphatic carbocycles.